The summed E-state index contributed by atoms with van der Waals surface area (Å²) in [5.74, 6) is -1.96. The Balaban J connectivity index is 1.82. The quantitative estimate of drug-likeness (QED) is 0.499. The number of rotatable bonds is 6. The minimum absolute atomic E-state index is 0.168. The van der Waals surface area contributed by atoms with Gasteiger partial charge in [-0.25, -0.2) is 0 Å². The predicted octanol–water partition coefficient (Wildman–Crippen LogP) is -0.890. The number of carbonyl (C=O) groups excluding carboxylic acids is 1. The van der Waals surface area contributed by atoms with Crippen molar-refractivity contribution in [2.24, 2.45) is 5.73 Å². The van der Waals surface area contributed by atoms with E-state index in [2.05, 4.69) is 10.3 Å². The summed E-state index contributed by atoms with van der Waals surface area (Å²) in [7, 11) is -1.23. The molecule has 3 atom stereocenters. The van der Waals surface area contributed by atoms with Crippen molar-refractivity contribution in [3.63, 3.8) is 0 Å². The van der Waals surface area contributed by atoms with Gasteiger partial charge in [0.2, 0.25) is 5.91 Å². The van der Waals surface area contributed by atoms with E-state index in [0.29, 0.717) is 19.3 Å². The summed E-state index contributed by atoms with van der Waals surface area (Å²) in [5, 5.41) is 21.3. The number of nitrogens with one attached hydrogen (secondary N) is 1. The second-order valence-electron chi connectivity index (χ2n) is 5.61. The average molecular weight is 321 g/mol. The van der Waals surface area contributed by atoms with Gasteiger partial charge < -0.3 is 25.8 Å². The van der Waals surface area contributed by atoms with E-state index in [-0.39, 0.29) is 6.42 Å². The second-order valence-corrected chi connectivity index (χ2v) is 5.61. The fourth-order valence-corrected chi connectivity index (χ4v) is 2.51. The SMILES string of the molecule is NC(Cc1cccnc1)C(=O)N[C@H]1CC[C@@H](CC(=O)O)OB1O. The molecular formula is C14H20BN3O5. The Morgan fingerprint density at radius 2 is 2.30 bits per heavy atom. The molecule has 1 aromatic heterocycles. The molecule has 1 amide bonds. The molecule has 1 aliphatic heterocycles. The molecule has 1 aromatic rings. The lowest BCUT2D eigenvalue weighted by Gasteiger charge is -2.31. The van der Waals surface area contributed by atoms with Gasteiger partial charge in [-0.2, -0.15) is 0 Å². The molecule has 2 rings (SSSR count). The molecular weight excluding hydrogens is 301 g/mol. The smallest absolute Gasteiger partial charge is 0.478 e. The highest BCUT2D eigenvalue weighted by Crippen LogP contribution is 2.18. The van der Waals surface area contributed by atoms with Gasteiger partial charge in [-0.1, -0.05) is 6.07 Å². The molecule has 5 N–H and O–H groups in total. The lowest BCUT2D eigenvalue weighted by Crippen LogP contribution is -2.56. The van der Waals surface area contributed by atoms with Crippen molar-refractivity contribution in [2.45, 2.75) is 43.8 Å². The van der Waals surface area contributed by atoms with E-state index >= 15 is 0 Å². The van der Waals surface area contributed by atoms with Crippen LogP contribution in [-0.4, -0.2) is 52.2 Å². The lowest BCUT2D eigenvalue weighted by atomic mass is 9.72. The minimum Gasteiger partial charge on any atom is -0.481 e. The first-order valence-electron chi connectivity index (χ1n) is 7.46. The highest BCUT2D eigenvalue weighted by atomic mass is 16.5. The molecule has 124 valence electrons. The molecule has 2 heterocycles. The third kappa shape index (κ3) is 5.31. The molecule has 9 heteroatoms. The van der Waals surface area contributed by atoms with Crippen LogP contribution in [0.2, 0.25) is 0 Å². The van der Waals surface area contributed by atoms with Gasteiger partial charge in [0.1, 0.15) is 0 Å². The molecule has 0 bridgehead atoms. The van der Waals surface area contributed by atoms with Crippen LogP contribution in [0.25, 0.3) is 0 Å². The van der Waals surface area contributed by atoms with Gasteiger partial charge in [-0.3, -0.25) is 14.6 Å². The Morgan fingerprint density at radius 1 is 1.52 bits per heavy atom. The number of hydrogen-bond donors (Lipinski definition) is 4. The zero-order chi connectivity index (χ0) is 16.8. The second kappa shape index (κ2) is 8.05. The van der Waals surface area contributed by atoms with Crippen molar-refractivity contribution in [2.75, 3.05) is 0 Å². The van der Waals surface area contributed by atoms with E-state index in [4.69, 9.17) is 15.5 Å². The highest BCUT2D eigenvalue weighted by Gasteiger charge is 2.37. The summed E-state index contributed by atoms with van der Waals surface area (Å²) in [6, 6.07) is 2.83. The summed E-state index contributed by atoms with van der Waals surface area (Å²) in [4.78, 5) is 26.7. The Labute approximate surface area is 134 Å². The number of nitrogens with two attached hydrogens (primary N) is 1. The normalized spacial score (nSPS) is 22.4. The zero-order valence-electron chi connectivity index (χ0n) is 12.6. The van der Waals surface area contributed by atoms with E-state index in [1.807, 2.05) is 6.07 Å². The average Bonchev–Trinajstić information content (AvgIpc) is 2.50. The Morgan fingerprint density at radius 3 is 2.91 bits per heavy atom. The standard InChI is InChI=1S/C14H20BN3O5/c16-11(6-9-2-1-5-17-8-9)14(21)18-12-4-3-10(7-13(19)20)23-15(12)22/h1-2,5,8,10-12,22H,3-4,6-7,16H2,(H,18,21)(H,19,20)/t10-,11?,12-/m0/s1. The van der Waals surface area contributed by atoms with Crippen LogP contribution >= 0.6 is 0 Å². The molecule has 1 aliphatic rings. The Kier molecular flexibility index (Phi) is 6.08. The fraction of sp³-hybridized carbons (Fsp3) is 0.500. The molecule has 0 aromatic carbocycles. The number of nitrogens with zero attached hydrogens (tertiary/aromatic N) is 1. The van der Waals surface area contributed by atoms with Crippen molar-refractivity contribution < 1.29 is 24.4 Å². The van der Waals surface area contributed by atoms with Crippen molar-refractivity contribution in [1.82, 2.24) is 10.3 Å². The first-order chi connectivity index (χ1) is 11.0. The van der Waals surface area contributed by atoms with E-state index in [9.17, 15) is 14.6 Å². The van der Waals surface area contributed by atoms with Crippen molar-refractivity contribution in [1.29, 1.82) is 0 Å². The Hall–Kier alpha value is -1.97. The van der Waals surface area contributed by atoms with Gasteiger partial charge in [-0.15, -0.1) is 0 Å². The third-order valence-electron chi connectivity index (χ3n) is 3.72. The van der Waals surface area contributed by atoms with Crippen molar-refractivity contribution in [3.8, 4) is 0 Å². The molecule has 1 saturated heterocycles. The van der Waals surface area contributed by atoms with Gasteiger partial charge in [0.15, 0.2) is 0 Å². The number of carbonyl (C=O) groups is 2. The van der Waals surface area contributed by atoms with Crippen LogP contribution in [0.3, 0.4) is 0 Å². The number of aliphatic carboxylic acids is 1. The van der Waals surface area contributed by atoms with Crippen LogP contribution in [-0.2, 0) is 20.7 Å². The number of aromatic nitrogens is 1. The van der Waals surface area contributed by atoms with Gasteiger partial charge in [0, 0.05) is 12.4 Å². The van der Waals surface area contributed by atoms with E-state index in [0.717, 1.165) is 5.56 Å². The van der Waals surface area contributed by atoms with Crippen LogP contribution in [0, 0.1) is 0 Å². The molecule has 0 aliphatic carbocycles. The van der Waals surface area contributed by atoms with E-state index in [1.165, 1.54) is 0 Å². The monoisotopic (exact) mass is 321 g/mol. The molecule has 0 saturated carbocycles. The number of pyridine rings is 1. The van der Waals surface area contributed by atoms with E-state index < -0.39 is 37.1 Å². The van der Waals surface area contributed by atoms with Gasteiger partial charge >= 0.3 is 13.1 Å². The van der Waals surface area contributed by atoms with Crippen LogP contribution in [0.15, 0.2) is 24.5 Å². The molecule has 8 nitrogen and oxygen atoms in total. The fourth-order valence-electron chi connectivity index (χ4n) is 2.51. The maximum atomic E-state index is 12.1. The third-order valence-corrected chi connectivity index (χ3v) is 3.72. The largest absolute Gasteiger partial charge is 0.481 e. The topological polar surface area (TPSA) is 135 Å². The van der Waals surface area contributed by atoms with Gasteiger partial charge in [0.25, 0.3) is 0 Å². The van der Waals surface area contributed by atoms with E-state index in [1.54, 1.807) is 18.5 Å². The lowest BCUT2D eigenvalue weighted by molar-refractivity contribution is -0.139. The maximum absolute atomic E-state index is 12.1. The minimum atomic E-state index is -1.23. The first kappa shape index (κ1) is 17.4. The van der Waals surface area contributed by atoms with Crippen molar-refractivity contribution >= 4 is 19.0 Å². The summed E-state index contributed by atoms with van der Waals surface area (Å²) >= 11 is 0. The summed E-state index contributed by atoms with van der Waals surface area (Å²) in [6.07, 6.45) is 3.79. The van der Waals surface area contributed by atoms with Crippen LogP contribution in [0.1, 0.15) is 24.8 Å². The number of carboxylic acids is 1. The number of amides is 1. The highest BCUT2D eigenvalue weighted by molar-refractivity contribution is 6.45. The summed E-state index contributed by atoms with van der Waals surface area (Å²) < 4.78 is 5.22. The molecule has 0 spiro atoms. The number of hydrogen-bond acceptors (Lipinski definition) is 6. The van der Waals surface area contributed by atoms with Crippen LogP contribution < -0.4 is 11.1 Å². The zero-order valence-corrected chi connectivity index (χ0v) is 12.6. The summed E-state index contributed by atoms with van der Waals surface area (Å²) in [6.45, 7) is 0. The van der Waals surface area contributed by atoms with Crippen molar-refractivity contribution in [3.05, 3.63) is 30.1 Å². The molecule has 0 radical (unpaired) electrons. The molecule has 1 fully saturated rings. The summed E-state index contributed by atoms with van der Waals surface area (Å²) in [5.41, 5.74) is 6.71. The molecule has 23 heavy (non-hydrogen) atoms. The van der Waals surface area contributed by atoms with Gasteiger partial charge in [-0.05, 0) is 30.9 Å². The Bertz CT molecular complexity index is 544. The van der Waals surface area contributed by atoms with Crippen LogP contribution in [0.4, 0.5) is 0 Å². The number of carboxylic acid groups (broad SMARTS) is 1. The maximum Gasteiger partial charge on any atom is 0.478 e. The predicted molar refractivity (Wildman–Crippen MR) is 82.2 cm³/mol. The first-order valence-corrected chi connectivity index (χ1v) is 7.46. The van der Waals surface area contributed by atoms with Gasteiger partial charge in [0.05, 0.1) is 24.5 Å². The molecule has 1 unspecified atom stereocenters. The van der Waals surface area contributed by atoms with Crippen LogP contribution in [0.5, 0.6) is 0 Å².